The molecule has 0 spiro atoms. The minimum Gasteiger partial charge on any atom is -0.370 e. The van der Waals surface area contributed by atoms with E-state index in [4.69, 9.17) is 4.79 Å². The van der Waals surface area contributed by atoms with Crippen molar-refractivity contribution in [2.75, 3.05) is 52.6 Å². The van der Waals surface area contributed by atoms with Crippen LogP contribution in [0, 0.1) is 6.92 Å². The largest absolute Gasteiger partial charge is 0.370 e. The number of benzene rings is 1. The molecule has 1 rings (SSSR count). The highest BCUT2D eigenvalue weighted by Gasteiger charge is 1.97. The Labute approximate surface area is 170 Å². The number of carbonyl (C=O) groups is 1. The molecule has 0 heterocycles. The van der Waals surface area contributed by atoms with E-state index in [0.717, 1.165) is 50.4 Å². The molecule has 0 amide bonds. The van der Waals surface area contributed by atoms with Gasteiger partial charge in [0.2, 0.25) is 0 Å². The number of aryl methyl sites for hydroxylation is 1. The van der Waals surface area contributed by atoms with Gasteiger partial charge in [0.1, 0.15) is 12.1 Å². The fourth-order valence-corrected chi connectivity index (χ4v) is 2.20. The number of aliphatic imine (C=N–C) groups is 2. The molecule has 0 fully saturated rings. The molecule has 0 aliphatic carbocycles. The number of hydrogen-bond acceptors (Lipinski definition) is 5. The summed E-state index contributed by atoms with van der Waals surface area (Å²) in [6, 6.07) is 8.17. The summed E-state index contributed by atoms with van der Waals surface area (Å²) in [5, 5.41) is 9.63. The third-order valence-electron chi connectivity index (χ3n) is 3.65. The maximum Gasteiger partial charge on any atom is 0.122 e. The van der Waals surface area contributed by atoms with Crippen molar-refractivity contribution >= 4 is 24.1 Å². The third-order valence-corrected chi connectivity index (χ3v) is 3.65. The number of amidine groups is 1. The fourth-order valence-electron chi connectivity index (χ4n) is 2.20. The van der Waals surface area contributed by atoms with Crippen molar-refractivity contribution in [3.05, 3.63) is 42.1 Å². The van der Waals surface area contributed by atoms with Crippen LogP contribution in [-0.2, 0) is 4.79 Å². The van der Waals surface area contributed by atoms with Crippen molar-refractivity contribution < 1.29 is 4.79 Å². The quantitative estimate of drug-likeness (QED) is 0.235. The first-order chi connectivity index (χ1) is 13.6. The molecule has 1 aromatic carbocycles. The SMILES string of the molecule is CC=O.CN=C(/C=C\N=CNc1cccc(C)c1)NCCCN(C)CCNC. The van der Waals surface area contributed by atoms with E-state index in [1.165, 1.54) is 12.5 Å². The van der Waals surface area contributed by atoms with Crippen LogP contribution in [-0.4, -0.2) is 70.7 Å². The normalized spacial score (nSPS) is 11.6. The minimum absolute atomic E-state index is 0.750. The van der Waals surface area contributed by atoms with Crippen LogP contribution in [0.25, 0.3) is 0 Å². The van der Waals surface area contributed by atoms with Gasteiger partial charge in [-0.05, 0) is 64.7 Å². The van der Waals surface area contributed by atoms with E-state index in [1.54, 1.807) is 19.6 Å². The lowest BCUT2D eigenvalue weighted by Gasteiger charge is -2.16. The van der Waals surface area contributed by atoms with E-state index < -0.39 is 0 Å². The van der Waals surface area contributed by atoms with Gasteiger partial charge < -0.3 is 25.6 Å². The van der Waals surface area contributed by atoms with Gasteiger partial charge in [0.05, 0.1) is 6.34 Å². The molecule has 0 unspecified atom stereocenters. The minimum atomic E-state index is 0.750. The van der Waals surface area contributed by atoms with E-state index in [-0.39, 0.29) is 0 Å². The molecule has 0 saturated heterocycles. The molecule has 0 aliphatic heterocycles. The Kier molecular flexibility index (Phi) is 16.3. The lowest BCUT2D eigenvalue weighted by molar-refractivity contribution is -0.106. The predicted molar refractivity (Wildman–Crippen MR) is 122 cm³/mol. The molecular formula is C21H36N6O. The summed E-state index contributed by atoms with van der Waals surface area (Å²) in [6.45, 7) is 7.55. The molecule has 7 heteroatoms. The first-order valence-electron chi connectivity index (χ1n) is 9.52. The monoisotopic (exact) mass is 388 g/mol. The number of hydrogen-bond donors (Lipinski definition) is 3. The molecule has 0 saturated carbocycles. The summed E-state index contributed by atoms with van der Waals surface area (Å²) in [7, 11) is 5.90. The Morgan fingerprint density at radius 2 is 2.00 bits per heavy atom. The second-order valence-electron chi connectivity index (χ2n) is 6.14. The fraction of sp³-hybridized carbons (Fsp3) is 0.476. The molecule has 1 aromatic rings. The summed E-state index contributed by atoms with van der Waals surface area (Å²) >= 11 is 0. The Bertz CT molecular complexity index is 613. The van der Waals surface area contributed by atoms with Crippen LogP contribution in [0.15, 0.2) is 46.5 Å². The molecule has 28 heavy (non-hydrogen) atoms. The first-order valence-corrected chi connectivity index (χ1v) is 9.52. The molecule has 0 radical (unpaired) electrons. The molecule has 0 bridgehead atoms. The molecule has 7 nitrogen and oxygen atoms in total. The Balaban J connectivity index is 0.00000227. The number of rotatable bonds is 11. The maximum absolute atomic E-state index is 8.81. The second kappa shape index (κ2) is 17.9. The molecule has 0 aromatic heterocycles. The number of carbonyl (C=O) groups excluding carboxylic acids is 1. The van der Waals surface area contributed by atoms with E-state index in [0.29, 0.717) is 0 Å². The van der Waals surface area contributed by atoms with Crippen molar-refractivity contribution in [2.24, 2.45) is 9.98 Å². The van der Waals surface area contributed by atoms with Crippen molar-refractivity contribution in [2.45, 2.75) is 20.3 Å². The lowest BCUT2D eigenvalue weighted by Crippen LogP contribution is -2.31. The zero-order valence-corrected chi connectivity index (χ0v) is 17.9. The van der Waals surface area contributed by atoms with Crippen LogP contribution in [0.3, 0.4) is 0 Å². The Morgan fingerprint density at radius 1 is 1.25 bits per heavy atom. The van der Waals surface area contributed by atoms with Gasteiger partial charge in [0.25, 0.3) is 0 Å². The van der Waals surface area contributed by atoms with Crippen molar-refractivity contribution in [1.29, 1.82) is 0 Å². The van der Waals surface area contributed by atoms with E-state index in [2.05, 4.69) is 56.9 Å². The Morgan fingerprint density at radius 3 is 2.64 bits per heavy atom. The highest BCUT2D eigenvalue weighted by molar-refractivity contribution is 5.92. The van der Waals surface area contributed by atoms with Crippen molar-refractivity contribution in [3.63, 3.8) is 0 Å². The molecule has 0 aliphatic rings. The van der Waals surface area contributed by atoms with E-state index in [1.807, 2.05) is 25.3 Å². The summed E-state index contributed by atoms with van der Waals surface area (Å²) in [6.07, 6.45) is 7.11. The van der Waals surface area contributed by atoms with Gasteiger partial charge in [-0.15, -0.1) is 0 Å². The van der Waals surface area contributed by atoms with Gasteiger partial charge in [-0.2, -0.15) is 0 Å². The number of anilines is 1. The van der Waals surface area contributed by atoms with Gasteiger partial charge >= 0.3 is 0 Å². The van der Waals surface area contributed by atoms with E-state index in [9.17, 15) is 0 Å². The van der Waals surface area contributed by atoms with Gasteiger partial charge in [0, 0.05) is 38.6 Å². The van der Waals surface area contributed by atoms with Gasteiger partial charge in [-0.1, -0.05) is 12.1 Å². The van der Waals surface area contributed by atoms with Crippen LogP contribution in [0.1, 0.15) is 18.9 Å². The van der Waals surface area contributed by atoms with Gasteiger partial charge in [-0.3, -0.25) is 4.99 Å². The van der Waals surface area contributed by atoms with Crippen LogP contribution in [0.2, 0.25) is 0 Å². The Hall–Kier alpha value is -2.51. The molecular weight excluding hydrogens is 352 g/mol. The van der Waals surface area contributed by atoms with Crippen LogP contribution >= 0.6 is 0 Å². The highest BCUT2D eigenvalue weighted by atomic mass is 16.1. The first kappa shape index (κ1) is 25.5. The standard InChI is InChI=1S/C19H32N6.C2H4O/c1-17-7-5-8-18(15-17)24-16-22-11-9-19(21-3)23-10-6-13-25(4)14-12-20-2;1-2-3/h5,7-9,11,15-16,20H,6,10,12-14H2,1-4H3,(H,21,23)(H,22,24);2H,1H3/b11-9-;. The summed E-state index contributed by atoms with van der Waals surface area (Å²) in [4.78, 5) is 19.6. The average Bonchev–Trinajstić information content (AvgIpc) is 2.68. The van der Waals surface area contributed by atoms with Gasteiger partial charge in [-0.25, -0.2) is 4.99 Å². The lowest BCUT2D eigenvalue weighted by atomic mass is 10.2. The third kappa shape index (κ3) is 14.6. The average molecular weight is 389 g/mol. The summed E-state index contributed by atoms with van der Waals surface area (Å²) in [5.41, 5.74) is 2.25. The van der Waals surface area contributed by atoms with Gasteiger partial charge in [0.15, 0.2) is 0 Å². The van der Waals surface area contributed by atoms with Crippen LogP contribution < -0.4 is 16.0 Å². The number of likely N-dealkylation sites (N-methyl/N-ethyl adjacent to an activating group) is 2. The molecule has 0 atom stereocenters. The number of nitrogens with one attached hydrogen (secondary N) is 3. The molecule has 3 N–H and O–H groups in total. The summed E-state index contributed by atoms with van der Waals surface area (Å²) in [5.74, 6) is 0.839. The number of nitrogens with zero attached hydrogens (tertiary/aromatic N) is 3. The van der Waals surface area contributed by atoms with Crippen LogP contribution in [0.5, 0.6) is 0 Å². The maximum atomic E-state index is 8.81. The predicted octanol–water partition coefficient (Wildman–Crippen LogP) is 2.31. The van der Waals surface area contributed by atoms with Crippen LogP contribution in [0.4, 0.5) is 5.69 Å². The number of aldehydes is 1. The summed E-state index contributed by atoms with van der Waals surface area (Å²) < 4.78 is 0. The smallest absolute Gasteiger partial charge is 0.122 e. The molecule has 156 valence electrons. The van der Waals surface area contributed by atoms with E-state index >= 15 is 0 Å². The highest BCUT2D eigenvalue weighted by Crippen LogP contribution is 2.07. The van der Waals surface area contributed by atoms with Crippen molar-refractivity contribution in [3.8, 4) is 0 Å². The topological polar surface area (TPSA) is 81.1 Å². The van der Waals surface area contributed by atoms with Crippen molar-refractivity contribution in [1.82, 2.24) is 15.5 Å². The zero-order valence-electron chi connectivity index (χ0n) is 17.9. The zero-order chi connectivity index (χ0) is 21.0. The second-order valence-corrected chi connectivity index (χ2v) is 6.14.